The lowest BCUT2D eigenvalue weighted by molar-refractivity contribution is 0.404. The summed E-state index contributed by atoms with van der Waals surface area (Å²) in [7, 11) is 3.34. The summed E-state index contributed by atoms with van der Waals surface area (Å²) in [5.41, 5.74) is 2.17. The molecular formula is C16H20O2. The van der Waals surface area contributed by atoms with E-state index in [2.05, 4.69) is 12.1 Å². The molecule has 0 spiro atoms. The van der Waals surface area contributed by atoms with Gasteiger partial charge in [-0.3, -0.25) is 0 Å². The molecule has 0 aliphatic heterocycles. The van der Waals surface area contributed by atoms with Crippen molar-refractivity contribution in [2.45, 2.75) is 13.8 Å². The van der Waals surface area contributed by atoms with E-state index < -0.39 is 0 Å². The highest BCUT2D eigenvalue weighted by atomic mass is 16.5. The molecule has 0 N–H and O–H groups in total. The van der Waals surface area contributed by atoms with Crippen LogP contribution in [-0.2, 0) is 0 Å². The number of benzene rings is 2. The van der Waals surface area contributed by atoms with Crippen molar-refractivity contribution in [3.05, 3.63) is 48.5 Å². The van der Waals surface area contributed by atoms with Gasteiger partial charge in [-0.15, -0.1) is 0 Å². The Morgan fingerprint density at radius 3 is 2.00 bits per heavy atom. The SMILES string of the molecule is CC.COc1ccc(OC)c(-c2ccccc2)c1. The van der Waals surface area contributed by atoms with Crippen LogP contribution in [0.3, 0.4) is 0 Å². The summed E-state index contributed by atoms with van der Waals surface area (Å²) in [6.45, 7) is 4.00. The fourth-order valence-electron chi connectivity index (χ4n) is 1.66. The zero-order valence-corrected chi connectivity index (χ0v) is 11.4. The molecule has 2 heteroatoms. The average Bonchev–Trinajstić information content (AvgIpc) is 2.49. The van der Waals surface area contributed by atoms with Gasteiger partial charge in [-0.2, -0.15) is 0 Å². The van der Waals surface area contributed by atoms with Gasteiger partial charge in [0.05, 0.1) is 14.2 Å². The molecule has 0 aromatic heterocycles. The molecular weight excluding hydrogens is 224 g/mol. The van der Waals surface area contributed by atoms with Crippen molar-refractivity contribution in [2.75, 3.05) is 14.2 Å². The predicted octanol–water partition coefficient (Wildman–Crippen LogP) is 4.40. The Balaban J connectivity index is 0.000000771. The Bertz CT molecular complexity index is 464. The van der Waals surface area contributed by atoms with Crippen LogP contribution >= 0.6 is 0 Å². The molecule has 0 atom stereocenters. The summed E-state index contributed by atoms with van der Waals surface area (Å²) in [5.74, 6) is 1.69. The van der Waals surface area contributed by atoms with Crippen LogP contribution in [0.25, 0.3) is 11.1 Å². The van der Waals surface area contributed by atoms with Crippen LogP contribution in [0, 0.1) is 0 Å². The van der Waals surface area contributed by atoms with Gasteiger partial charge < -0.3 is 9.47 Å². The van der Waals surface area contributed by atoms with Gasteiger partial charge in [0.25, 0.3) is 0 Å². The zero-order chi connectivity index (χ0) is 13.4. The fourth-order valence-corrected chi connectivity index (χ4v) is 1.66. The van der Waals surface area contributed by atoms with Crippen molar-refractivity contribution < 1.29 is 9.47 Å². The molecule has 18 heavy (non-hydrogen) atoms. The summed E-state index contributed by atoms with van der Waals surface area (Å²) in [6, 6.07) is 15.9. The predicted molar refractivity (Wildman–Crippen MR) is 76.3 cm³/mol. The van der Waals surface area contributed by atoms with Crippen LogP contribution < -0.4 is 9.47 Å². The first-order valence-corrected chi connectivity index (χ1v) is 6.12. The maximum atomic E-state index is 5.34. The molecule has 2 nitrogen and oxygen atoms in total. The monoisotopic (exact) mass is 244 g/mol. The molecule has 96 valence electrons. The highest BCUT2D eigenvalue weighted by Gasteiger charge is 2.06. The Hall–Kier alpha value is -1.96. The highest BCUT2D eigenvalue weighted by Crippen LogP contribution is 2.32. The summed E-state index contributed by atoms with van der Waals surface area (Å²) < 4.78 is 10.6. The third-order valence-electron chi connectivity index (χ3n) is 2.49. The van der Waals surface area contributed by atoms with Gasteiger partial charge in [0, 0.05) is 5.56 Å². The molecule has 0 unspecified atom stereocenters. The van der Waals surface area contributed by atoms with Crippen molar-refractivity contribution in [3.63, 3.8) is 0 Å². The van der Waals surface area contributed by atoms with Gasteiger partial charge in [-0.25, -0.2) is 0 Å². The van der Waals surface area contributed by atoms with Gasteiger partial charge in [0.2, 0.25) is 0 Å². The smallest absolute Gasteiger partial charge is 0.126 e. The second kappa shape index (κ2) is 7.38. The van der Waals surface area contributed by atoms with Crippen LogP contribution in [0.1, 0.15) is 13.8 Å². The van der Waals surface area contributed by atoms with Gasteiger partial charge in [0.1, 0.15) is 11.5 Å². The van der Waals surface area contributed by atoms with Crippen molar-refractivity contribution in [3.8, 4) is 22.6 Å². The molecule has 0 aliphatic rings. The quantitative estimate of drug-likeness (QED) is 0.796. The summed E-state index contributed by atoms with van der Waals surface area (Å²) in [4.78, 5) is 0. The number of ether oxygens (including phenoxy) is 2. The molecule has 0 heterocycles. The van der Waals surface area contributed by atoms with E-state index >= 15 is 0 Å². The third-order valence-corrected chi connectivity index (χ3v) is 2.49. The maximum absolute atomic E-state index is 5.34. The first kappa shape index (κ1) is 14.1. The van der Waals surface area contributed by atoms with Gasteiger partial charge in [-0.1, -0.05) is 44.2 Å². The van der Waals surface area contributed by atoms with Crippen molar-refractivity contribution in [2.24, 2.45) is 0 Å². The number of hydrogen-bond acceptors (Lipinski definition) is 2. The van der Waals surface area contributed by atoms with Crippen molar-refractivity contribution in [1.82, 2.24) is 0 Å². The summed E-state index contributed by atoms with van der Waals surface area (Å²) >= 11 is 0. The molecule has 0 amide bonds. The van der Waals surface area contributed by atoms with E-state index in [-0.39, 0.29) is 0 Å². The minimum absolute atomic E-state index is 0.833. The van der Waals surface area contributed by atoms with E-state index in [1.165, 1.54) is 0 Å². The van der Waals surface area contributed by atoms with E-state index in [9.17, 15) is 0 Å². The average molecular weight is 244 g/mol. The van der Waals surface area contributed by atoms with E-state index in [0.717, 1.165) is 22.6 Å². The topological polar surface area (TPSA) is 18.5 Å². The summed E-state index contributed by atoms with van der Waals surface area (Å²) in [5, 5.41) is 0. The van der Waals surface area contributed by atoms with E-state index in [0.29, 0.717) is 0 Å². The van der Waals surface area contributed by atoms with Crippen molar-refractivity contribution >= 4 is 0 Å². The minimum atomic E-state index is 0.833. The molecule has 0 fully saturated rings. The van der Waals surface area contributed by atoms with Gasteiger partial charge in [-0.05, 0) is 23.8 Å². The van der Waals surface area contributed by atoms with E-state index in [1.807, 2.05) is 50.2 Å². The number of methoxy groups -OCH3 is 2. The van der Waals surface area contributed by atoms with Crippen LogP contribution in [0.4, 0.5) is 0 Å². The van der Waals surface area contributed by atoms with E-state index in [1.54, 1.807) is 14.2 Å². The van der Waals surface area contributed by atoms with Crippen LogP contribution in [-0.4, -0.2) is 14.2 Å². The van der Waals surface area contributed by atoms with Crippen molar-refractivity contribution in [1.29, 1.82) is 0 Å². The molecule has 0 saturated heterocycles. The van der Waals surface area contributed by atoms with Crippen LogP contribution in [0.5, 0.6) is 11.5 Å². The van der Waals surface area contributed by atoms with E-state index in [4.69, 9.17) is 9.47 Å². The lowest BCUT2D eigenvalue weighted by atomic mass is 10.0. The summed E-state index contributed by atoms with van der Waals surface area (Å²) in [6.07, 6.45) is 0. The van der Waals surface area contributed by atoms with Crippen LogP contribution in [0.15, 0.2) is 48.5 Å². The molecule has 2 aromatic carbocycles. The third kappa shape index (κ3) is 3.27. The number of rotatable bonds is 3. The largest absolute Gasteiger partial charge is 0.497 e. The first-order chi connectivity index (χ1) is 8.85. The fraction of sp³-hybridized carbons (Fsp3) is 0.250. The molecule has 0 bridgehead atoms. The lowest BCUT2D eigenvalue weighted by Crippen LogP contribution is -1.89. The molecule has 0 aliphatic carbocycles. The van der Waals surface area contributed by atoms with Gasteiger partial charge >= 0.3 is 0 Å². The second-order valence-electron chi connectivity index (χ2n) is 3.43. The molecule has 2 rings (SSSR count). The normalized spacial score (nSPS) is 9.11. The Morgan fingerprint density at radius 1 is 0.778 bits per heavy atom. The number of hydrogen-bond donors (Lipinski definition) is 0. The molecule has 0 saturated carbocycles. The van der Waals surface area contributed by atoms with Crippen LogP contribution in [0.2, 0.25) is 0 Å². The Morgan fingerprint density at radius 2 is 1.44 bits per heavy atom. The maximum Gasteiger partial charge on any atom is 0.126 e. The lowest BCUT2D eigenvalue weighted by Gasteiger charge is -2.10. The highest BCUT2D eigenvalue weighted by molar-refractivity contribution is 5.71. The molecule has 2 aromatic rings. The zero-order valence-electron chi connectivity index (χ0n) is 11.4. The van der Waals surface area contributed by atoms with Gasteiger partial charge in [0.15, 0.2) is 0 Å². The molecule has 0 radical (unpaired) electrons. The minimum Gasteiger partial charge on any atom is -0.497 e. The standard InChI is InChI=1S/C14H14O2.C2H6/c1-15-12-8-9-14(16-2)13(10-12)11-6-4-3-5-7-11;1-2/h3-10H,1-2H3;1-2H3. The first-order valence-electron chi connectivity index (χ1n) is 6.12. The Kier molecular flexibility index (Phi) is 5.78. The second-order valence-corrected chi connectivity index (χ2v) is 3.43. The Labute approximate surface area is 109 Å².